The summed E-state index contributed by atoms with van der Waals surface area (Å²) in [6.45, 7) is 1.84. The Morgan fingerprint density at radius 2 is 1.73 bits per heavy atom. The molecule has 1 heterocycles. The molecular weight excluding hydrogens is 172 g/mol. The molecule has 1 rings (SSSR count). The molecule has 0 amide bonds. The number of aromatic nitrogens is 3. The van der Waals surface area contributed by atoms with Crippen LogP contribution in [0.4, 0.5) is 8.78 Å². The molecule has 0 radical (unpaired) electrons. The first-order chi connectivity index (χ1) is 5.22. The summed E-state index contributed by atoms with van der Waals surface area (Å²) in [7, 11) is 0. The Balaban J connectivity index is 2.89. The number of hydrogen-bond acceptors (Lipinski definition) is 4. The molecule has 0 bridgehead atoms. The van der Waals surface area contributed by atoms with Gasteiger partial charge in [0.15, 0.2) is 5.16 Å². The van der Waals surface area contributed by atoms with Crippen LogP contribution in [0.3, 0.4) is 0 Å². The molecule has 0 aliphatic heterocycles. The Morgan fingerprint density at radius 1 is 1.18 bits per heavy atom. The molecule has 0 spiro atoms. The third-order valence-electron chi connectivity index (χ3n) is 0.834. The highest BCUT2D eigenvalue weighted by Gasteiger charge is 2.03. The van der Waals surface area contributed by atoms with Gasteiger partial charge in [0.05, 0.1) is 0 Å². The van der Waals surface area contributed by atoms with E-state index in [0.29, 0.717) is 5.75 Å². The Labute approximate surface area is 66.3 Å². The number of thioether (sulfide) groups is 1. The van der Waals surface area contributed by atoms with Gasteiger partial charge in [0, 0.05) is 0 Å². The first kappa shape index (κ1) is 8.32. The molecule has 3 nitrogen and oxygen atoms in total. The Bertz CT molecular complexity index is 235. The SMILES string of the molecule is CCSc1nc(F)nc(F)n1. The number of rotatable bonds is 2. The van der Waals surface area contributed by atoms with E-state index in [1.165, 1.54) is 0 Å². The van der Waals surface area contributed by atoms with Crippen molar-refractivity contribution >= 4 is 11.8 Å². The normalized spacial score (nSPS) is 10.1. The highest BCUT2D eigenvalue weighted by Crippen LogP contribution is 2.10. The fourth-order valence-electron chi connectivity index (χ4n) is 0.503. The maximum absolute atomic E-state index is 12.2. The lowest BCUT2D eigenvalue weighted by Gasteiger charge is -1.94. The third-order valence-corrected chi connectivity index (χ3v) is 1.56. The number of hydrogen-bond donors (Lipinski definition) is 0. The van der Waals surface area contributed by atoms with Gasteiger partial charge in [0.2, 0.25) is 0 Å². The largest absolute Gasteiger partial charge is 0.315 e. The fourth-order valence-corrected chi connectivity index (χ4v) is 1.04. The van der Waals surface area contributed by atoms with Gasteiger partial charge < -0.3 is 0 Å². The molecule has 0 saturated carbocycles. The van der Waals surface area contributed by atoms with Crippen molar-refractivity contribution < 1.29 is 8.78 Å². The van der Waals surface area contributed by atoms with Gasteiger partial charge in [-0.25, -0.2) is 0 Å². The second-order valence-corrected chi connectivity index (χ2v) is 2.82. The lowest BCUT2D eigenvalue weighted by Crippen LogP contribution is -1.99. The Morgan fingerprint density at radius 3 is 2.18 bits per heavy atom. The molecule has 0 aromatic carbocycles. The van der Waals surface area contributed by atoms with E-state index >= 15 is 0 Å². The van der Waals surface area contributed by atoms with Gasteiger partial charge in [0.25, 0.3) is 0 Å². The van der Waals surface area contributed by atoms with Crippen LogP contribution in [0.15, 0.2) is 5.16 Å². The molecule has 0 atom stereocenters. The fraction of sp³-hybridized carbons (Fsp3) is 0.400. The van der Waals surface area contributed by atoms with E-state index in [1.807, 2.05) is 6.92 Å². The van der Waals surface area contributed by atoms with Crippen LogP contribution in [0.1, 0.15) is 6.92 Å². The lowest BCUT2D eigenvalue weighted by molar-refractivity contribution is 0.434. The third kappa shape index (κ3) is 2.38. The van der Waals surface area contributed by atoms with Crippen molar-refractivity contribution in [3.05, 3.63) is 12.2 Å². The van der Waals surface area contributed by atoms with E-state index in [9.17, 15) is 8.78 Å². The second kappa shape index (κ2) is 3.56. The van der Waals surface area contributed by atoms with E-state index in [0.717, 1.165) is 11.8 Å². The van der Waals surface area contributed by atoms with Crippen LogP contribution in [0.25, 0.3) is 0 Å². The van der Waals surface area contributed by atoms with Crippen molar-refractivity contribution in [2.75, 3.05) is 5.75 Å². The molecule has 0 N–H and O–H groups in total. The van der Waals surface area contributed by atoms with Crippen LogP contribution in [-0.4, -0.2) is 20.7 Å². The zero-order chi connectivity index (χ0) is 8.27. The van der Waals surface area contributed by atoms with Crippen LogP contribution in [-0.2, 0) is 0 Å². The summed E-state index contributed by atoms with van der Waals surface area (Å²) in [4.78, 5) is 9.26. The maximum Gasteiger partial charge on any atom is 0.315 e. The van der Waals surface area contributed by atoms with Crippen molar-refractivity contribution in [3.8, 4) is 0 Å². The molecule has 0 unspecified atom stereocenters. The van der Waals surface area contributed by atoms with Crippen LogP contribution in [0.2, 0.25) is 0 Å². The van der Waals surface area contributed by atoms with Gasteiger partial charge in [0.1, 0.15) is 0 Å². The summed E-state index contributed by atoms with van der Waals surface area (Å²) in [6.07, 6.45) is -2.15. The van der Waals surface area contributed by atoms with Crippen molar-refractivity contribution in [3.63, 3.8) is 0 Å². The lowest BCUT2D eigenvalue weighted by atomic mass is 11.0. The summed E-state index contributed by atoms with van der Waals surface area (Å²) in [5, 5.41) is 0.0810. The molecule has 11 heavy (non-hydrogen) atoms. The van der Waals surface area contributed by atoms with E-state index < -0.39 is 12.2 Å². The van der Waals surface area contributed by atoms with Gasteiger partial charge in [-0.3, -0.25) is 0 Å². The average Bonchev–Trinajstić information content (AvgIpc) is 1.85. The molecule has 60 valence electrons. The highest BCUT2D eigenvalue weighted by molar-refractivity contribution is 7.99. The first-order valence-corrected chi connectivity index (χ1v) is 3.91. The van der Waals surface area contributed by atoms with Crippen LogP contribution in [0.5, 0.6) is 0 Å². The summed E-state index contributed by atoms with van der Waals surface area (Å²) in [6, 6.07) is 0. The van der Waals surface area contributed by atoms with Crippen molar-refractivity contribution in [1.82, 2.24) is 15.0 Å². The van der Waals surface area contributed by atoms with Gasteiger partial charge in [-0.2, -0.15) is 23.7 Å². The van der Waals surface area contributed by atoms with Crippen LogP contribution < -0.4 is 0 Å². The quantitative estimate of drug-likeness (QED) is 0.637. The van der Waals surface area contributed by atoms with Gasteiger partial charge in [-0.05, 0) is 5.75 Å². The van der Waals surface area contributed by atoms with Crippen molar-refractivity contribution in [1.29, 1.82) is 0 Å². The van der Waals surface area contributed by atoms with Crippen molar-refractivity contribution in [2.45, 2.75) is 12.1 Å². The van der Waals surface area contributed by atoms with E-state index in [1.54, 1.807) is 0 Å². The topological polar surface area (TPSA) is 38.7 Å². The van der Waals surface area contributed by atoms with Crippen LogP contribution in [0, 0.1) is 12.2 Å². The summed E-state index contributed by atoms with van der Waals surface area (Å²) < 4.78 is 24.5. The van der Waals surface area contributed by atoms with E-state index in [2.05, 4.69) is 15.0 Å². The molecule has 1 aromatic heterocycles. The molecule has 0 fully saturated rings. The second-order valence-electron chi connectivity index (χ2n) is 1.59. The minimum absolute atomic E-state index is 0.0810. The predicted molar refractivity (Wildman–Crippen MR) is 36.1 cm³/mol. The van der Waals surface area contributed by atoms with Gasteiger partial charge in [-0.15, -0.1) is 0 Å². The minimum atomic E-state index is -1.08. The zero-order valence-electron chi connectivity index (χ0n) is 5.71. The highest BCUT2D eigenvalue weighted by atomic mass is 32.2. The number of halogens is 2. The zero-order valence-corrected chi connectivity index (χ0v) is 6.53. The first-order valence-electron chi connectivity index (χ1n) is 2.92. The molecule has 1 aromatic rings. The molecule has 0 saturated heterocycles. The standard InChI is InChI=1S/C5H5F2N3S/c1-2-11-5-9-3(6)8-4(7)10-5/h2H2,1H3. The summed E-state index contributed by atoms with van der Waals surface area (Å²) in [5.41, 5.74) is 0. The molecule has 0 aliphatic carbocycles. The van der Waals surface area contributed by atoms with Gasteiger partial charge >= 0.3 is 12.2 Å². The van der Waals surface area contributed by atoms with Crippen molar-refractivity contribution in [2.24, 2.45) is 0 Å². The average molecular weight is 177 g/mol. The Kier molecular flexibility index (Phi) is 2.70. The van der Waals surface area contributed by atoms with Gasteiger partial charge in [-0.1, -0.05) is 18.7 Å². The molecule has 0 aliphatic rings. The Hall–Kier alpha value is -0.780. The minimum Gasteiger partial charge on any atom is -0.176 e. The molecular formula is C5H5F2N3S. The predicted octanol–water partition coefficient (Wildman–Crippen LogP) is 1.26. The summed E-state index contributed by atoms with van der Waals surface area (Å²) in [5.74, 6) is 0.670. The van der Waals surface area contributed by atoms with E-state index in [-0.39, 0.29) is 5.16 Å². The van der Waals surface area contributed by atoms with Crippen LogP contribution >= 0.6 is 11.8 Å². The smallest absolute Gasteiger partial charge is 0.176 e. The van der Waals surface area contributed by atoms with E-state index in [4.69, 9.17) is 0 Å². The summed E-state index contributed by atoms with van der Waals surface area (Å²) >= 11 is 1.16. The molecule has 6 heteroatoms. The monoisotopic (exact) mass is 177 g/mol. The number of nitrogens with zero attached hydrogens (tertiary/aromatic N) is 3. The maximum atomic E-state index is 12.2.